The van der Waals surface area contributed by atoms with Gasteiger partial charge in [0, 0.05) is 38.9 Å². The molecule has 2 amide bonds. The van der Waals surface area contributed by atoms with Crippen LogP contribution >= 0.6 is 0 Å². The van der Waals surface area contributed by atoms with E-state index >= 15 is 0 Å². The van der Waals surface area contributed by atoms with Gasteiger partial charge in [-0.15, -0.1) is 0 Å². The Labute approximate surface area is 190 Å². The second kappa shape index (κ2) is 9.99. The highest BCUT2D eigenvalue weighted by Gasteiger charge is 2.28. The summed E-state index contributed by atoms with van der Waals surface area (Å²) >= 11 is 0. The van der Waals surface area contributed by atoms with Crippen molar-refractivity contribution < 1.29 is 18.0 Å². The Hall–Kier alpha value is -2.46. The number of piperazine rings is 1. The first-order valence-corrected chi connectivity index (χ1v) is 12.8. The maximum Gasteiger partial charge on any atom is 0.255 e. The first-order valence-electron chi connectivity index (χ1n) is 11.2. The fourth-order valence-corrected chi connectivity index (χ4v) is 4.97. The van der Waals surface area contributed by atoms with Crippen LogP contribution in [0.1, 0.15) is 50.2 Å². The number of nitrogens with zero attached hydrogens (tertiary/aromatic N) is 5. The Bertz CT molecular complexity index is 1070. The van der Waals surface area contributed by atoms with Crippen LogP contribution < -0.4 is 4.90 Å². The van der Waals surface area contributed by atoms with Crippen molar-refractivity contribution in [1.82, 2.24) is 18.6 Å². The summed E-state index contributed by atoms with van der Waals surface area (Å²) in [6.45, 7) is 9.72. The Morgan fingerprint density at radius 2 is 1.88 bits per heavy atom. The van der Waals surface area contributed by atoms with Crippen molar-refractivity contribution in [2.24, 2.45) is 5.92 Å². The van der Waals surface area contributed by atoms with Crippen molar-refractivity contribution in [1.29, 1.82) is 0 Å². The number of imidazole rings is 1. The van der Waals surface area contributed by atoms with Crippen LogP contribution in [0.4, 0.5) is 5.82 Å². The van der Waals surface area contributed by atoms with Gasteiger partial charge < -0.3 is 4.90 Å². The van der Waals surface area contributed by atoms with E-state index in [-0.39, 0.29) is 11.7 Å². The van der Waals surface area contributed by atoms with Gasteiger partial charge in [0.15, 0.2) is 0 Å². The van der Waals surface area contributed by atoms with Crippen molar-refractivity contribution in [2.75, 3.05) is 43.4 Å². The number of sulfonamides is 1. The van der Waals surface area contributed by atoms with Crippen molar-refractivity contribution in [2.45, 2.75) is 40.5 Å². The molecule has 10 heteroatoms. The number of aryl methyl sites for hydroxylation is 1. The molecule has 0 saturated carbocycles. The van der Waals surface area contributed by atoms with E-state index in [1.807, 2.05) is 11.3 Å². The predicted octanol–water partition coefficient (Wildman–Crippen LogP) is 2.01. The van der Waals surface area contributed by atoms with E-state index in [0.29, 0.717) is 62.1 Å². The molecule has 9 nitrogen and oxygen atoms in total. The van der Waals surface area contributed by atoms with E-state index in [0.717, 1.165) is 18.5 Å². The first kappa shape index (κ1) is 24.2. The summed E-state index contributed by atoms with van der Waals surface area (Å²) in [6, 6.07) is 3.53. The lowest BCUT2D eigenvalue weighted by molar-refractivity contribution is -0.107. The minimum Gasteiger partial charge on any atom is -0.336 e. The van der Waals surface area contributed by atoms with Crippen molar-refractivity contribution >= 4 is 33.8 Å². The van der Waals surface area contributed by atoms with Gasteiger partial charge in [0.2, 0.25) is 16.4 Å². The van der Waals surface area contributed by atoms with Gasteiger partial charge in [0.05, 0.1) is 17.0 Å². The Morgan fingerprint density at radius 1 is 1.19 bits per heavy atom. The van der Waals surface area contributed by atoms with Crippen molar-refractivity contribution in [3.05, 3.63) is 29.6 Å². The summed E-state index contributed by atoms with van der Waals surface area (Å²) in [6.07, 6.45) is 4.09. The molecule has 32 heavy (non-hydrogen) atoms. The lowest BCUT2D eigenvalue weighted by Crippen LogP contribution is -2.50. The van der Waals surface area contributed by atoms with Crippen LogP contribution in [0.25, 0.3) is 5.65 Å². The van der Waals surface area contributed by atoms with Crippen molar-refractivity contribution in [3.63, 3.8) is 0 Å². The first-order chi connectivity index (χ1) is 15.2. The average Bonchev–Trinajstić information content (AvgIpc) is 3.16. The predicted molar refractivity (Wildman–Crippen MR) is 124 cm³/mol. The van der Waals surface area contributed by atoms with Gasteiger partial charge in [0.1, 0.15) is 11.5 Å². The number of aromatic nitrogens is 2. The molecule has 0 unspecified atom stereocenters. The molecule has 3 rings (SSSR count). The zero-order chi connectivity index (χ0) is 23.5. The van der Waals surface area contributed by atoms with Crippen molar-refractivity contribution in [3.8, 4) is 0 Å². The molecule has 176 valence electrons. The second-order valence-electron chi connectivity index (χ2n) is 8.45. The molecule has 0 radical (unpaired) electrons. The number of pyridine rings is 1. The average molecular weight is 464 g/mol. The third kappa shape index (κ3) is 4.96. The van der Waals surface area contributed by atoms with Crippen LogP contribution in [0.15, 0.2) is 18.3 Å². The van der Waals surface area contributed by atoms with Crippen LogP contribution in [0.2, 0.25) is 0 Å². The summed E-state index contributed by atoms with van der Waals surface area (Å²) in [4.78, 5) is 33.0. The van der Waals surface area contributed by atoms with E-state index in [1.165, 1.54) is 4.31 Å². The SMILES string of the molecule is CCc1nc2ccc(C(=O)N3CCN(S(=O)(=O)CC)CC3)cn2c1N(C=O)CCC(C)C. The molecule has 0 aromatic carbocycles. The van der Waals surface area contributed by atoms with E-state index in [2.05, 4.69) is 18.8 Å². The molecule has 3 heterocycles. The molecule has 0 spiro atoms. The van der Waals surface area contributed by atoms with Crippen LogP contribution in [0.3, 0.4) is 0 Å². The number of carbonyl (C=O) groups excluding carboxylic acids is 2. The number of hydrogen-bond acceptors (Lipinski definition) is 5. The highest BCUT2D eigenvalue weighted by molar-refractivity contribution is 7.89. The lowest BCUT2D eigenvalue weighted by Gasteiger charge is -2.33. The van der Waals surface area contributed by atoms with Gasteiger partial charge >= 0.3 is 0 Å². The smallest absolute Gasteiger partial charge is 0.255 e. The van der Waals surface area contributed by atoms with E-state index in [1.54, 1.807) is 35.1 Å². The summed E-state index contributed by atoms with van der Waals surface area (Å²) in [7, 11) is -3.25. The van der Waals surface area contributed by atoms with Gasteiger partial charge in [-0.2, -0.15) is 4.31 Å². The number of carbonyl (C=O) groups is 2. The number of fused-ring (bicyclic) bond motifs is 1. The Kier molecular flexibility index (Phi) is 7.55. The zero-order valence-electron chi connectivity index (χ0n) is 19.3. The van der Waals surface area contributed by atoms with Crippen LogP contribution in [0.5, 0.6) is 0 Å². The normalized spacial score (nSPS) is 15.5. The molecular weight excluding hydrogens is 430 g/mol. The Balaban J connectivity index is 1.87. The zero-order valence-corrected chi connectivity index (χ0v) is 20.1. The minimum absolute atomic E-state index is 0.0603. The maximum absolute atomic E-state index is 13.2. The lowest BCUT2D eigenvalue weighted by atomic mass is 10.1. The molecule has 1 saturated heterocycles. The van der Waals surface area contributed by atoms with Crippen LogP contribution in [0, 0.1) is 5.92 Å². The molecule has 1 aliphatic heterocycles. The van der Waals surface area contributed by atoms with Gasteiger partial charge in [-0.25, -0.2) is 13.4 Å². The Morgan fingerprint density at radius 3 is 2.44 bits per heavy atom. The standard InChI is InChI=1S/C22H33N5O4S/c1-5-19-21(25(16-28)10-9-17(3)4)27-15-18(7-8-20(27)23-19)22(29)24-11-13-26(14-12-24)32(30,31)6-2/h7-8,15-17H,5-6,9-14H2,1-4H3. The summed E-state index contributed by atoms with van der Waals surface area (Å²) in [5, 5.41) is 0. The molecule has 1 fully saturated rings. The van der Waals surface area contributed by atoms with Gasteiger partial charge in [-0.3, -0.25) is 18.9 Å². The van der Waals surface area contributed by atoms with E-state index < -0.39 is 10.0 Å². The second-order valence-corrected chi connectivity index (χ2v) is 10.7. The molecular formula is C22H33N5O4S. The number of hydrogen-bond donors (Lipinski definition) is 0. The number of rotatable bonds is 9. The highest BCUT2D eigenvalue weighted by Crippen LogP contribution is 2.24. The van der Waals surface area contributed by atoms with Gasteiger partial charge in [-0.05, 0) is 37.8 Å². The summed E-state index contributed by atoms with van der Waals surface area (Å²) < 4.78 is 27.4. The molecule has 1 aliphatic rings. The third-order valence-electron chi connectivity index (χ3n) is 5.88. The largest absolute Gasteiger partial charge is 0.336 e. The molecule has 0 atom stereocenters. The molecule has 0 N–H and O–H groups in total. The van der Waals surface area contributed by atoms with E-state index in [9.17, 15) is 18.0 Å². The van der Waals surface area contributed by atoms with Gasteiger partial charge in [-0.1, -0.05) is 20.8 Å². The topological polar surface area (TPSA) is 95.3 Å². The maximum atomic E-state index is 13.2. The minimum atomic E-state index is -3.25. The summed E-state index contributed by atoms with van der Waals surface area (Å²) in [5.74, 6) is 1.06. The monoisotopic (exact) mass is 463 g/mol. The molecule has 0 aliphatic carbocycles. The molecule has 2 aromatic rings. The third-order valence-corrected chi connectivity index (χ3v) is 7.76. The fraction of sp³-hybridized carbons (Fsp3) is 0.591. The highest BCUT2D eigenvalue weighted by atomic mass is 32.2. The number of anilines is 1. The van der Waals surface area contributed by atoms with E-state index in [4.69, 9.17) is 0 Å². The quantitative estimate of drug-likeness (QED) is 0.530. The molecule has 2 aromatic heterocycles. The van der Waals surface area contributed by atoms with Crippen LogP contribution in [-0.2, 0) is 21.2 Å². The summed E-state index contributed by atoms with van der Waals surface area (Å²) in [5.41, 5.74) is 1.98. The fourth-order valence-electron chi connectivity index (χ4n) is 3.89. The number of amides is 2. The van der Waals surface area contributed by atoms with Crippen LogP contribution in [-0.4, -0.2) is 77.8 Å². The molecule has 0 bridgehead atoms. The van der Waals surface area contributed by atoms with Gasteiger partial charge in [0.25, 0.3) is 5.91 Å².